The van der Waals surface area contributed by atoms with Gasteiger partial charge in [0.1, 0.15) is 0 Å². The topological polar surface area (TPSA) is 58.4 Å². The molecular weight excluding hydrogens is 283 g/mol. The van der Waals surface area contributed by atoms with Crippen LogP contribution in [-0.4, -0.2) is 37.6 Å². The van der Waals surface area contributed by atoms with Crippen LogP contribution < -0.4 is 11.1 Å². The van der Waals surface area contributed by atoms with Crippen molar-refractivity contribution in [2.45, 2.75) is 25.4 Å². The van der Waals surface area contributed by atoms with E-state index in [1.165, 1.54) is 4.90 Å². The summed E-state index contributed by atoms with van der Waals surface area (Å²) in [7, 11) is 3.28. The maximum absolute atomic E-state index is 12.0. The summed E-state index contributed by atoms with van der Waals surface area (Å²) in [5, 5.41) is 2.97. The molecule has 0 aliphatic heterocycles. The molecule has 0 heterocycles. The lowest BCUT2D eigenvalue weighted by Crippen LogP contribution is -2.21. The van der Waals surface area contributed by atoms with Crippen molar-refractivity contribution >= 4 is 17.3 Å². The van der Waals surface area contributed by atoms with E-state index in [1.807, 2.05) is 0 Å². The standard InChI is InChI=1S/C14H20F3N3O/c1-20(2)13(21)10-5-6-11(18)12(9-10)19-8-4-3-7-14(15,16)17/h5-6,9,19H,3-4,7-8,18H2,1-2H3. The van der Waals surface area contributed by atoms with Crippen LogP contribution in [0.1, 0.15) is 29.6 Å². The first kappa shape index (κ1) is 17.1. The molecule has 0 aliphatic rings. The van der Waals surface area contributed by atoms with Gasteiger partial charge in [-0.15, -0.1) is 0 Å². The molecule has 0 atom stereocenters. The van der Waals surface area contributed by atoms with Crippen LogP contribution in [0.5, 0.6) is 0 Å². The number of nitrogens with zero attached hydrogens (tertiary/aromatic N) is 1. The van der Waals surface area contributed by atoms with Gasteiger partial charge in [0.15, 0.2) is 0 Å². The first-order chi connectivity index (χ1) is 9.70. The molecule has 3 N–H and O–H groups in total. The number of hydrogen-bond acceptors (Lipinski definition) is 3. The molecule has 1 aromatic carbocycles. The van der Waals surface area contributed by atoms with Crippen molar-refractivity contribution in [2.24, 2.45) is 0 Å². The molecule has 1 rings (SSSR count). The van der Waals surface area contributed by atoms with Crippen molar-refractivity contribution < 1.29 is 18.0 Å². The molecule has 0 unspecified atom stereocenters. The largest absolute Gasteiger partial charge is 0.397 e. The Morgan fingerprint density at radius 3 is 2.52 bits per heavy atom. The number of alkyl halides is 3. The molecule has 7 heteroatoms. The Hall–Kier alpha value is -1.92. The Labute approximate surface area is 122 Å². The predicted octanol–water partition coefficient (Wildman–Crippen LogP) is 3.12. The van der Waals surface area contributed by atoms with Crippen LogP contribution in [0, 0.1) is 0 Å². The zero-order valence-electron chi connectivity index (χ0n) is 12.1. The first-order valence-corrected chi connectivity index (χ1v) is 6.62. The number of unbranched alkanes of at least 4 members (excludes halogenated alkanes) is 1. The highest BCUT2D eigenvalue weighted by molar-refractivity contribution is 5.95. The second-order valence-corrected chi connectivity index (χ2v) is 5.00. The van der Waals surface area contributed by atoms with Crippen molar-refractivity contribution in [3.05, 3.63) is 23.8 Å². The number of halogens is 3. The highest BCUT2D eigenvalue weighted by Crippen LogP contribution is 2.23. The molecular formula is C14H20F3N3O. The monoisotopic (exact) mass is 303 g/mol. The molecule has 1 aromatic rings. The SMILES string of the molecule is CN(C)C(=O)c1ccc(N)c(NCCCCC(F)(F)F)c1. The fourth-order valence-electron chi connectivity index (χ4n) is 1.77. The van der Waals surface area contributed by atoms with Gasteiger partial charge in [0, 0.05) is 32.6 Å². The van der Waals surface area contributed by atoms with E-state index < -0.39 is 12.6 Å². The smallest absolute Gasteiger partial charge is 0.389 e. The number of nitrogen functional groups attached to an aromatic ring is 1. The minimum absolute atomic E-state index is 0.0622. The quantitative estimate of drug-likeness (QED) is 0.627. The van der Waals surface area contributed by atoms with Gasteiger partial charge < -0.3 is 16.0 Å². The van der Waals surface area contributed by atoms with Gasteiger partial charge in [-0.2, -0.15) is 13.2 Å². The lowest BCUT2D eigenvalue weighted by Gasteiger charge is -2.14. The van der Waals surface area contributed by atoms with Gasteiger partial charge in [0.25, 0.3) is 5.91 Å². The van der Waals surface area contributed by atoms with Gasteiger partial charge in [-0.05, 0) is 31.0 Å². The van der Waals surface area contributed by atoms with Crippen molar-refractivity contribution in [1.82, 2.24) is 4.90 Å². The molecule has 0 aliphatic carbocycles. The Bertz CT molecular complexity index is 487. The van der Waals surface area contributed by atoms with E-state index >= 15 is 0 Å². The highest BCUT2D eigenvalue weighted by Gasteiger charge is 2.25. The number of carbonyl (C=O) groups excluding carboxylic acids is 1. The molecule has 118 valence electrons. The second kappa shape index (κ2) is 7.19. The lowest BCUT2D eigenvalue weighted by molar-refractivity contribution is -0.135. The Morgan fingerprint density at radius 1 is 1.29 bits per heavy atom. The Morgan fingerprint density at radius 2 is 1.95 bits per heavy atom. The number of nitrogens with one attached hydrogen (secondary N) is 1. The van der Waals surface area contributed by atoms with Crippen molar-refractivity contribution in [1.29, 1.82) is 0 Å². The number of carbonyl (C=O) groups is 1. The molecule has 1 amide bonds. The van der Waals surface area contributed by atoms with E-state index in [9.17, 15) is 18.0 Å². The van der Waals surface area contributed by atoms with Gasteiger partial charge in [-0.25, -0.2) is 0 Å². The summed E-state index contributed by atoms with van der Waals surface area (Å²) in [6.07, 6.45) is -4.46. The van der Waals surface area contributed by atoms with Crippen molar-refractivity contribution in [3.8, 4) is 0 Å². The van der Waals surface area contributed by atoms with Crippen LogP contribution in [-0.2, 0) is 0 Å². The molecule has 21 heavy (non-hydrogen) atoms. The number of benzene rings is 1. The van der Waals surface area contributed by atoms with Crippen LogP contribution in [0.2, 0.25) is 0 Å². The molecule has 0 radical (unpaired) electrons. The van der Waals surface area contributed by atoms with E-state index in [2.05, 4.69) is 5.32 Å². The zero-order chi connectivity index (χ0) is 16.0. The average molecular weight is 303 g/mol. The maximum Gasteiger partial charge on any atom is 0.389 e. The minimum atomic E-state index is -4.11. The number of nitrogens with two attached hydrogens (primary N) is 1. The third kappa shape index (κ3) is 5.93. The lowest BCUT2D eigenvalue weighted by atomic mass is 10.1. The molecule has 0 saturated heterocycles. The summed E-state index contributed by atoms with van der Waals surface area (Å²) in [6.45, 7) is 0.375. The van der Waals surface area contributed by atoms with E-state index in [0.717, 1.165) is 0 Å². The summed E-state index contributed by atoms with van der Waals surface area (Å²) in [6, 6.07) is 4.84. The van der Waals surface area contributed by atoms with Gasteiger partial charge in [-0.3, -0.25) is 4.79 Å². The van der Waals surface area contributed by atoms with Crippen molar-refractivity contribution in [2.75, 3.05) is 31.7 Å². The van der Waals surface area contributed by atoms with Gasteiger partial charge in [0.05, 0.1) is 11.4 Å². The fraction of sp³-hybridized carbons (Fsp3) is 0.500. The van der Waals surface area contributed by atoms with Gasteiger partial charge in [0.2, 0.25) is 0 Å². The highest BCUT2D eigenvalue weighted by atomic mass is 19.4. The van der Waals surface area contributed by atoms with Crippen LogP contribution in [0.25, 0.3) is 0 Å². The maximum atomic E-state index is 12.0. The number of rotatable bonds is 6. The fourth-order valence-corrected chi connectivity index (χ4v) is 1.77. The Kier molecular flexibility index (Phi) is 5.87. The molecule has 0 spiro atoms. The summed E-state index contributed by atoms with van der Waals surface area (Å²) in [4.78, 5) is 13.3. The molecule has 0 aromatic heterocycles. The average Bonchev–Trinajstić information content (AvgIpc) is 2.38. The third-order valence-corrected chi connectivity index (χ3v) is 2.91. The third-order valence-electron chi connectivity index (χ3n) is 2.91. The molecule has 0 bridgehead atoms. The second-order valence-electron chi connectivity index (χ2n) is 5.00. The van der Waals surface area contributed by atoms with E-state index in [-0.39, 0.29) is 12.3 Å². The Balaban J connectivity index is 2.55. The normalized spacial score (nSPS) is 11.3. The number of hydrogen-bond donors (Lipinski definition) is 2. The molecule has 0 fully saturated rings. The predicted molar refractivity (Wildman–Crippen MR) is 77.3 cm³/mol. The minimum Gasteiger partial charge on any atom is -0.397 e. The van der Waals surface area contributed by atoms with Gasteiger partial charge in [-0.1, -0.05) is 0 Å². The van der Waals surface area contributed by atoms with E-state index in [1.54, 1.807) is 32.3 Å². The molecule has 0 saturated carbocycles. The number of amides is 1. The summed E-state index contributed by atoms with van der Waals surface area (Å²) >= 11 is 0. The first-order valence-electron chi connectivity index (χ1n) is 6.62. The zero-order valence-corrected chi connectivity index (χ0v) is 12.1. The van der Waals surface area contributed by atoms with Crippen molar-refractivity contribution in [3.63, 3.8) is 0 Å². The van der Waals surface area contributed by atoms with Crippen LogP contribution in [0.4, 0.5) is 24.5 Å². The summed E-state index contributed by atoms with van der Waals surface area (Å²) < 4.78 is 36.0. The summed E-state index contributed by atoms with van der Waals surface area (Å²) in [5.74, 6) is -0.157. The van der Waals surface area contributed by atoms with Gasteiger partial charge >= 0.3 is 6.18 Å². The van der Waals surface area contributed by atoms with E-state index in [4.69, 9.17) is 5.73 Å². The molecule has 4 nitrogen and oxygen atoms in total. The number of anilines is 2. The van der Waals surface area contributed by atoms with Crippen LogP contribution in [0.3, 0.4) is 0 Å². The van der Waals surface area contributed by atoms with Crippen LogP contribution >= 0.6 is 0 Å². The summed E-state index contributed by atoms with van der Waals surface area (Å²) in [5.41, 5.74) is 7.28. The van der Waals surface area contributed by atoms with Crippen LogP contribution in [0.15, 0.2) is 18.2 Å². The van der Waals surface area contributed by atoms with E-state index in [0.29, 0.717) is 29.9 Å².